The third-order valence-corrected chi connectivity index (χ3v) is 7.38. The van der Waals surface area contributed by atoms with E-state index in [9.17, 15) is 16.8 Å². The zero-order chi connectivity index (χ0) is 24.9. The van der Waals surface area contributed by atoms with Gasteiger partial charge in [-0.3, -0.25) is 9.44 Å². The molecule has 34 heavy (non-hydrogen) atoms. The Morgan fingerprint density at radius 2 is 1.35 bits per heavy atom. The van der Waals surface area contributed by atoms with Crippen molar-refractivity contribution in [1.82, 2.24) is 9.97 Å². The lowest BCUT2D eigenvalue weighted by molar-refractivity contribution is 0.353. The van der Waals surface area contributed by atoms with Gasteiger partial charge in [-0.1, -0.05) is 26.0 Å². The highest BCUT2D eigenvalue weighted by molar-refractivity contribution is 7.93. The molecular formula is C22H26N4O6S2. The molecule has 12 heteroatoms. The molecule has 2 aromatic carbocycles. The number of nitrogens with one attached hydrogen (secondary N) is 2. The molecular weight excluding hydrogens is 480 g/mol. The first-order chi connectivity index (χ1) is 16.0. The minimum Gasteiger partial charge on any atom is -0.481 e. The van der Waals surface area contributed by atoms with Crippen molar-refractivity contribution in [2.45, 2.75) is 30.1 Å². The molecule has 0 aliphatic carbocycles. The molecule has 0 fully saturated rings. The average Bonchev–Trinajstić information content (AvgIpc) is 2.78. The molecule has 0 atom stereocenters. The van der Waals surface area contributed by atoms with Gasteiger partial charge in [0.1, 0.15) is 0 Å². The highest BCUT2D eigenvalue weighted by atomic mass is 32.2. The Morgan fingerprint density at radius 3 is 1.88 bits per heavy atom. The summed E-state index contributed by atoms with van der Waals surface area (Å²) in [5, 5.41) is 0. The summed E-state index contributed by atoms with van der Waals surface area (Å²) in [7, 11) is -5.13. The molecule has 1 aromatic heterocycles. The Bertz CT molecular complexity index is 1320. The summed E-state index contributed by atoms with van der Waals surface area (Å²) < 4.78 is 65.6. The van der Waals surface area contributed by atoms with Crippen LogP contribution in [-0.2, 0) is 26.5 Å². The summed E-state index contributed by atoms with van der Waals surface area (Å²) in [6.45, 7) is 4.18. The Hall–Kier alpha value is -3.38. The number of ether oxygens (including phenoxy) is 2. The second kappa shape index (κ2) is 10.3. The highest BCUT2D eigenvalue weighted by Gasteiger charge is 2.18. The number of sulfonamides is 2. The molecule has 0 aliphatic rings. The first-order valence-electron chi connectivity index (χ1n) is 10.2. The first-order valence-corrected chi connectivity index (χ1v) is 13.2. The predicted molar refractivity (Wildman–Crippen MR) is 128 cm³/mol. The van der Waals surface area contributed by atoms with Gasteiger partial charge in [-0.25, -0.2) is 16.8 Å². The molecule has 1 heterocycles. The second-order valence-electron chi connectivity index (χ2n) is 7.76. The average molecular weight is 507 g/mol. The number of aromatic nitrogens is 2. The van der Waals surface area contributed by atoms with E-state index < -0.39 is 20.0 Å². The third-order valence-electron chi connectivity index (χ3n) is 4.61. The van der Waals surface area contributed by atoms with Crippen LogP contribution in [-0.4, -0.2) is 41.0 Å². The quantitative estimate of drug-likeness (QED) is 0.427. The van der Waals surface area contributed by atoms with Crippen molar-refractivity contribution in [3.63, 3.8) is 0 Å². The van der Waals surface area contributed by atoms with Crippen LogP contribution < -0.4 is 18.9 Å². The van der Waals surface area contributed by atoms with Gasteiger partial charge in [0, 0.05) is 11.8 Å². The van der Waals surface area contributed by atoms with Crippen molar-refractivity contribution < 1.29 is 26.3 Å². The van der Waals surface area contributed by atoms with Gasteiger partial charge in [0.25, 0.3) is 20.0 Å². The van der Waals surface area contributed by atoms with Gasteiger partial charge in [-0.05, 0) is 54.3 Å². The van der Waals surface area contributed by atoms with Crippen LogP contribution in [0.5, 0.6) is 11.9 Å². The molecule has 0 saturated heterocycles. The normalized spacial score (nSPS) is 11.8. The first kappa shape index (κ1) is 25.2. The van der Waals surface area contributed by atoms with E-state index in [4.69, 9.17) is 9.47 Å². The molecule has 10 nitrogen and oxygen atoms in total. The fourth-order valence-electron chi connectivity index (χ4n) is 3.04. The second-order valence-corrected chi connectivity index (χ2v) is 11.1. The van der Waals surface area contributed by atoms with E-state index in [1.54, 1.807) is 24.3 Å². The van der Waals surface area contributed by atoms with Crippen LogP contribution in [0.4, 0.5) is 11.5 Å². The number of nitrogens with zero attached hydrogens (tertiary/aromatic N) is 2. The van der Waals surface area contributed by atoms with Crippen LogP contribution in [0.15, 0.2) is 64.4 Å². The van der Waals surface area contributed by atoms with Crippen molar-refractivity contribution in [3.8, 4) is 11.9 Å². The van der Waals surface area contributed by atoms with E-state index in [0.717, 1.165) is 12.0 Å². The number of benzene rings is 2. The molecule has 0 spiro atoms. The summed E-state index contributed by atoms with van der Waals surface area (Å²) in [6.07, 6.45) is 0.853. The molecule has 0 amide bonds. The van der Waals surface area contributed by atoms with Gasteiger partial charge in [0.05, 0.1) is 24.0 Å². The Balaban J connectivity index is 1.75. The fraction of sp³-hybridized carbons (Fsp3) is 0.273. The van der Waals surface area contributed by atoms with Crippen molar-refractivity contribution in [1.29, 1.82) is 0 Å². The van der Waals surface area contributed by atoms with Crippen LogP contribution >= 0.6 is 0 Å². The van der Waals surface area contributed by atoms with Crippen molar-refractivity contribution in [2.24, 2.45) is 5.92 Å². The molecule has 0 radical (unpaired) electrons. The molecule has 0 aliphatic heterocycles. The van der Waals surface area contributed by atoms with Gasteiger partial charge in [-0.2, -0.15) is 9.97 Å². The summed E-state index contributed by atoms with van der Waals surface area (Å²) in [6, 6.07) is 13.2. The van der Waals surface area contributed by atoms with Crippen LogP contribution in [0.2, 0.25) is 0 Å². The Morgan fingerprint density at radius 1 is 0.794 bits per heavy atom. The molecule has 0 saturated carbocycles. The van der Waals surface area contributed by atoms with E-state index >= 15 is 0 Å². The van der Waals surface area contributed by atoms with Crippen LogP contribution in [0.1, 0.15) is 19.4 Å². The van der Waals surface area contributed by atoms with Gasteiger partial charge >= 0.3 is 6.01 Å². The molecule has 182 valence electrons. The number of hydrogen-bond acceptors (Lipinski definition) is 8. The maximum absolute atomic E-state index is 12.7. The van der Waals surface area contributed by atoms with E-state index in [1.165, 1.54) is 44.6 Å². The minimum absolute atomic E-state index is 0.0469. The third kappa shape index (κ3) is 6.35. The number of hydrogen-bond donors (Lipinski definition) is 2. The number of methoxy groups -OCH3 is 2. The van der Waals surface area contributed by atoms with E-state index in [0.29, 0.717) is 5.92 Å². The van der Waals surface area contributed by atoms with Crippen LogP contribution in [0.3, 0.4) is 0 Å². The fourth-order valence-corrected chi connectivity index (χ4v) is 5.09. The number of rotatable bonds is 10. The topological polar surface area (TPSA) is 137 Å². The van der Waals surface area contributed by atoms with Crippen molar-refractivity contribution >= 4 is 31.6 Å². The van der Waals surface area contributed by atoms with E-state index in [-0.39, 0.29) is 33.2 Å². The SMILES string of the molecule is COc1cc(NS(=O)(=O)c2ccc(NS(=O)(=O)c3ccc(CC(C)C)cc3)cc2)nc(OC)n1. The van der Waals surface area contributed by atoms with Gasteiger partial charge in [-0.15, -0.1) is 0 Å². The Labute approximate surface area is 199 Å². The van der Waals surface area contributed by atoms with E-state index in [2.05, 4.69) is 33.3 Å². The van der Waals surface area contributed by atoms with Gasteiger partial charge in [0.15, 0.2) is 5.82 Å². The zero-order valence-electron chi connectivity index (χ0n) is 19.1. The minimum atomic E-state index is -4.02. The molecule has 3 rings (SSSR count). The lowest BCUT2D eigenvalue weighted by atomic mass is 10.0. The number of anilines is 2. The maximum atomic E-state index is 12.7. The van der Waals surface area contributed by atoms with Crippen molar-refractivity contribution in [2.75, 3.05) is 23.7 Å². The lowest BCUT2D eigenvalue weighted by Gasteiger charge is -2.11. The molecule has 0 unspecified atom stereocenters. The highest BCUT2D eigenvalue weighted by Crippen LogP contribution is 2.23. The molecule has 3 aromatic rings. The van der Waals surface area contributed by atoms with Crippen LogP contribution in [0, 0.1) is 5.92 Å². The van der Waals surface area contributed by atoms with Crippen molar-refractivity contribution in [3.05, 3.63) is 60.2 Å². The van der Waals surface area contributed by atoms with Gasteiger partial charge in [0.2, 0.25) is 5.88 Å². The van der Waals surface area contributed by atoms with Gasteiger partial charge < -0.3 is 9.47 Å². The maximum Gasteiger partial charge on any atom is 0.321 e. The summed E-state index contributed by atoms with van der Waals surface area (Å²) in [5.41, 5.74) is 1.27. The lowest BCUT2D eigenvalue weighted by Crippen LogP contribution is -2.15. The predicted octanol–water partition coefficient (Wildman–Crippen LogP) is 3.29. The Kier molecular flexibility index (Phi) is 7.62. The van der Waals surface area contributed by atoms with E-state index in [1.807, 2.05) is 0 Å². The smallest absolute Gasteiger partial charge is 0.321 e. The summed E-state index contributed by atoms with van der Waals surface area (Å²) in [5.74, 6) is 0.532. The standard InChI is InChI=1S/C22H26N4O6S2/c1-15(2)13-16-5-9-18(10-6-16)33(27,28)25-17-7-11-19(12-8-17)34(29,30)26-20-14-21(31-3)24-22(23-20)32-4/h5-12,14-15,25H,13H2,1-4H3,(H,23,24,26). The molecule has 2 N–H and O–H groups in total. The summed E-state index contributed by atoms with van der Waals surface area (Å²) in [4.78, 5) is 7.87. The monoisotopic (exact) mass is 506 g/mol. The molecule has 0 bridgehead atoms. The largest absolute Gasteiger partial charge is 0.481 e. The van der Waals surface area contributed by atoms with Crippen LogP contribution in [0.25, 0.3) is 0 Å². The zero-order valence-corrected chi connectivity index (χ0v) is 20.8. The summed E-state index contributed by atoms with van der Waals surface area (Å²) >= 11 is 0.